The zero-order valence-corrected chi connectivity index (χ0v) is 9.98. The number of nitrogens with zero attached hydrogens (tertiary/aromatic N) is 1. The van der Waals surface area contributed by atoms with Crippen LogP contribution in [0, 0.1) is 0 Å². The van der Waals surface area contributed by atoms with E-state index in [2.05, 4.69) is 24.1 Å². The molecule has 1 saturated heterocycles. The molecule has 1 rings (SSSR count). The molecule has 0 aromatic carbocycles. The molecule has 0 amide bonds. The molecule has 13 heavy (non-hydrogen) atoms. The van der Waals surface area contributed by atoms with Gasteiger partial charge in [-0.15, -0.1) is 0 Å². The van der Waals surface area contributed by atoms with Crippen LogP contribution in [0.4, 0.5) is 0 Å². The molecule has 0 bridgehead atoms. The van der Waals surface area contributed by atoms with E-state index in [4.69, 9.17) is 0 Å². The standard InChI is InChI=1S/C9H20N2.C2H6/c1-9(2)5-4-7-11(9)8-6-10-3;1-2/h10H,4-8H2,1-3H3;1-2H3. The highest BCUT2D eigenvalue weighted by molar-refractivity contribution is 4.87. The summed E-state index contributed by atoms with van der Waals surface area (Å²) in [6.07, 6.45) is 2.73. The molecule has 1 aliphatic heterocycles. The average molecular weight is 186 g/mol. The molecule has 2 heteroatoms. The van der Waals surface area contributed by atoms with E-state index >= 15 is 0 Å². The van der Waals surface area contributed by atoms with Crippen LogP contribution < -0.4 is 5.32 Å². The SMILES string of the molecule is CC.CNCCN1CCCC1(C)C. The predicted molar refractivity (Wildman–Crippen MR) is 60.2 cm³/mol. The topological polar surface area (TPSA) is 15.3 Å². The van der Waals surface area contributed by atoms with E-state index in [1.807, 2.05) is 20.9 Å². The highest BCUT2D eigenvalue weighted by Gasteiger charge is 2.30. The maximum absolute atomic E-state index is 3.19. The van der Waals surface area contributed by atoms with Crippen molar-refractivity contribution in [2.24, 2.45) is 0 Å². The van der Waals surface area contributed by atoms with Gasteiger partial charge in [-0.1, -0.05) is 13.8 Å². The largest absolute Gasteiger partial charge is 0.318 e. The van der Waals surface area contributed by atoms with Gasteiger partial charge in [-0.3, -0.25) is 4.90 Å². The molecule has 0 aromatic rings. The third-order valence-electron chi connectivity index (χ3n) is 2.70. The zero-order chi connectivity index (χ0) is 10.3. The molecule has 80 valence electrons. The van der Waals surface area contributed by atoms with Gasteiger partial charge in [0, 0.05) is 18.6 Å². The van der Waals surface area contributed by atoms with Crippen molar-refractivity contribution in [3.05, 3.63) is 0 Å². The summed E-state index contributed by atoms with van der Waals surface area (Å²) in [5, 5.41) is 3.19. The Morgan fingerprint density at radius 3 is 2.31 bits per heavy atom. The Morgan fingerprint density at radius 2 is 1.92 bits per heavy atom. The van der Waals surface area contributed by atoms with Gasteiger partial charge >= 0.3 is 0 Å². The number of likely N-dealkylation sites (tertiary alicyclic amines) is 1. The van der Waals surface area contributed by atoms with Crippen LogP contribution in [0.1, 0.15) is 40.5 Å². The van der Waals surface area contributed by atoms with Crippen LogP contribution in [-0.4, -0.2) is 37.1 Å². The van der Waals surface area contributed by atoms with Crippen molar-refractivity contribution < 1.29 is 0 Å². The molecular formula is C11H26N2. The Hall–Kier alpha value is -0.0800. The van der Waals surface area contributed by atoms with Gasteiger partial charge in [-0.2, -0.15) is 0 Å². The normalized spacial score (nSPS) is 21.0. The quantitative estimate of drug-likeness (QED) is 0.726. The van der Waals surface area contributed by atoms with Crippen molar-refractivity contribution in [2.45, 2.75) is 46.1 Å². The van der Waals surface area contributed by atoms with Gasteiger partial charge in [-0.25, -0.2) is 0 Å². The van der Waals surface area contributed by atoms with E-state index in [-0.39, 0.29) is 0 Å². The fraction of sp³-hybridized carbons (Fsp3) is 1.00. The number of hydrogen-bond donors (Lipinski definition) is 1. The molecular weight excluding hydrogens is 160 g/mol. The summed E-state index contributed by atoms with van der Waals surface area (Å²) >= 11 is 0. The molecule has 0 aromatic heterocycles. The van der Waals surface area contributed by atoms with Gasteiger partial charge in [0.1, 0.15) is 0 Å². The second kappa shape index (κ2) is 6.39. The van der Waals surface area contributed by atoms with Crippen LogP contribution in [0.5, 0.6) is 0 Å². The molecule has 1 fully saturated rings. The molecule has 2 nitrogen and oxygen atoms in total. The molecule has 1 N–H and O–H groups in total. The average Bonchev–Trinajstić information content (AvgIpc) is 2.45. The van der Waals surface area contributed by atoms with Crippen LogP contribution in [0.25, 0.3) is 0 Å². The highest BCUT2D eigenvalue weighted by Crippen LogP contribution is 2.27. The maximum Gasteiger partial charge on any atom is 0.0154 e. The van der Waals surface area contributed by atoms with Gasteiger partial charge in [-0.05, 0) is 40.3 Å². The molecule has 0 spiro atoms. The van der Waals surface area contributed by atoms with E-state index in [0.717, 1.165) is 6.54 Å². The van der Waals surface area contributed by atoms with Crippen LogP contribution >= 0.6 is 0 Å². The monoisotopic (exact) mass is 186 g/mol. The van der Waals surface area contributed by atoms with Crippen LogP contribution in [0.15, 0.2) is 0 Å². The molecule has 0 unspecified atom stereocenters. The summed E-state index contributed by atoms with van der Waals surface area (Å²) < 4.78 is 0. The van der Waals surface area contributed by atoms with Gasteiger partial charge in [0.2, 0.25) is 0 Å². The van der Waals surface area contributed by atoms with Gasteiger partial charge in [0.15, 0.2) is 0 Å². The summed E-state index contributed by atoms with van der Waals surface area (Å²) in [6, 6.07) is 0. The van der Waals surface area contributed by atoms with Crippen LogP contribution in [0.3, 0.4) is 0 Å². The van der Waals surface area contributed by atoms with E-state index in [1.54, 1.807) is 0 Å². The van der Waals surface area contributed by atoms with Crippen molar-refractivity contribution in [3.8, 4) is 0 Å². The Bertz CT molecular complexity index is 121. The van der Waals surface area contributed by atoms with E-state index in [1.165, 1.54) is 25.9 Å². The minimum absolute atomic E-state index is 0.455. The minimum atomic E-state index is 0.455. The van der Waals surface area contributed by atoms with E-state index in [9.17, 15) is 0 Å². The lowest BCUT2D eigenvalue weighted by Gasteiger charge is -2.31. The van der Waals surface area contributed by atoms with E-state index in [0.29, 0.717) is 5.54 Å². The minimum Gasteiger partial charge on any atom is -0.318 e. The van der Waals surface area contributed by atoms with Crippen LogP contribution in [0.2, 0.25) is 0 Å². The third-order valence-corrected chi connectivity index (χ3v) is 2.70. The second-order valence-electron chi connectivity index (χ2n) is 4.01. The molecule has 0 atom stereocenters. The van der Waals surface area contributed by atoms with Gasteiger partial charge in [0.05, 0.1) is 0 Å². The Kier molecular flexibility index (Phi) is 6.35. The number of nitrogens with one attached hydrogen (secondary N) is 1. The lowest BCUT2D eigenvalue weighted by atomic mass is 10.0. The smallest absolute Gasteiger partial charge is 0.0154 e. The first kappa shape index (κ1) is 12.9. The third kappa shape index (κ3) is 4.10. The first-order valence-corrected chi connectivity index (χ1v) is 5.56. The first-order valence-electron chi connectivity index (χ1n) is 5.56. The molecule has 0 aliphatic carbocycles. The number of hydrogen-bond acceptors (Lipinski definition) is 2. The molecule has 1 aliphatic rings. The molecule has 1 heterocycles. The lowest BCUT2D eigenvalue weighted by Crippen LogP contribution is -2.41. The number of likely N-dealkylation sites (N-methyl/N-ethyl adjacent to an activating group) is 1. The first-order chi connectivity index (χ1) is 6.17. The summed E-state index contributed by atoms with van der Waals surface area (Å²) in [5.41, 5.74) is 0.455. The lowest BCUT2D eigenvalue weighted by molar-refractivity contribution is 0.177. The van der Waals surface area contributed by atoms with Crippen LogP contribution in [-0.2, 0) is 0 Å². The Morgan fingerprint density at radius 1 is 1.31 bits per heavy atom. The summed E-state index contributed by atoms with van der Waals surface area (Å²) in [6.45, 7) is 12.3. The zero-order valence-electron chi connectivity index (χ0n) is 9.98. The summed E-state index contributed by atoms with van der Waals surface area (Å²) in [4.78, 5) is 2.57. The summed E-state index contributed by atoms with van der Waals surface area (Å²) in [5.74, 6) is 0. The molecule has 0 saturated carbocycles. The van der Waals surface area contributed by atoms with E-state index < -0.39 is 0 Å². The highest BCUT2D eigenvalue weighted by atomic mass is 15.2. The predicted octanol–water partition coefficient (Wildman–Crippen LogP) is 2.11. The van der Waals surface area contributed by atoms with Crippen molar-refractivity contribution in [2.75, 3.05) is 26.7 Å². The van der Waals surface area contributed by atoms with Gasteiger partial charge < -0.3 is 5.32 Å². The fourth-order valence-corrected chi connectivity index (χ4v) is 1.82. The molecule has 0 radical (unpaired) electrons. The Balaban J connectivity index is 0.000000671. The van der Waals surface area contributed by atoms with Crippen molar-refractivity contribution in [3.63, 3.8) is 0 Å². The maximum atomic E-state index is 3.19. The van der Waals surface area contributed by atoms with Crippen molar-refractivity contribution in [1.29, 1.82) is 0 Å². The summed E-state index contributed by atoms with van der Waals surface area (Å²) in [7, 11) is 2.02. The van der Waals surface area contributed by atoms with Crippen molar-refractivity contribution in [1.82, 2.24) is 10.2 Å². The van der Waals surface area contributed by atoms with Crippen molar-refractivity contribution >= 4 is 0 Å². The van der Waals surface area contributed by atoms with Gasteiger partial charge in [0.25, 0.3) is 0 Å². The fourth-order valence-electron chi connectivity index (χ4n) is 1.82. The number of rotatable bonds is 3. The Labute approximate surface area is 83.7 Å². The second-order valence-corrected chi connectivity index (χ2v) is 4.01.